The molecule has 0 bridgehead atoms. The fourth-order valence-corrected chi connectivity index (χ4v) is 2.80. The van der Waals surface area contributed by atoms with Crippen molar-refractivity contribution < 1.29 is 19.0 Å². The molecule has 1 amide bonds. The van der Waals surface area contributed by atoms with E-state index in [2.05, 4.69) is 10.2 Å². The molecule has 1 unspecified atom stereocenters. The Labute approximate surface area is 142 Å². The van der Waals surface area contributed by atoms with Gasteiger partial charge in [-0.15, -0.1) is 0 Å². The van der Waals surface area contributed by atoms with Crippen molar-refractivity contribution in [1.29, 1.82) is 0 Å². The summed E-state index contributed by atoms with van der Waals surface area (Å²) in [6.45, 7) is 2.62. The second-order valence-corrected chi connectivity index (χ2v) is 6.08. The van der Waals surface area contributed by atoms with Crippen LogP contribution in [0.4, 0.5) is 4.39 Å². The molecule has 1 heterocycles. The molecule has 2 rings (SSSR count). The van der Waals surface area contributed by atoms with E-state index in [1.165, 1.54) is 18.2 Å². The first-order valence-electron chi connectivity index (χ1n) is 8.20. The lowest BCUT2D eigenvalue weighted by Gasteiger charge is -2.33. The summed E-state index contributed by atoms with van der Waals surface area (Å²) in [6.07, 6.45) is 4.39. The summed E-state index contributed by atoms with van der Waals surface area (Å²) in [5.74, 6) is -0.434. The summed E-state index contributed by atoms with van der Waals surface area (Å²) in [5, 5.41) is 12.7. The van der Waals surface area contributed by atoms with Gasteiger partial charge in [-0.25, -0.2) is 4.39 Å². The van der Waals surface area contributed by atoms with Gasteiger partial charge >= 0.3 is 0 Å². The van der Waals surface area contributed by atoms with E-state index in [1.54, 1.807) is 25.3 Å². The number of rotatable bonds is 7. The minimum atomic E-state index is -0.472. The van der Waals surface area contributed by atoms with Gasteiger partial charge in [0.1, 0.15) is 5.82 Å². The summed E-state index contributed by atoms with van der Waals surface area (Å²) in [6, 6.07) is 6.13. The Hall–Kier alpha value is -1.76. The van der Waals surface area contributed by atoms with Crippen molar-refractivity contribution in [2.45, 2.75) is 25.0 Å². The number of likely N-dealkylation sites (tertiary alicyclic amines) is 1. The molecule has 0 aliphatic carbocycles. The Morgan fingerprint density at radius 1 is 1.42 bits per heavy atom. The third kappa shape index (κ3) is 6.39. The van der Waals surface area contributed by atoms with Crippen LogP contribution in [0.2, 0.25) is 0 Å². The molecule has 1 aromatic rings. The topological polar surface area (TPSA) is 61.8 Å². The first-order chi connectivity index (χ1) is 11.6. The molecule has 5 nitrogen and oxygen atoms in total. The zero-order valence-electron chi connectivity index (χ0n) is 14.0. The number of piperidine rings is 1. The molecule has 2 N–H and O–H groups in total. The van der Waals surface area contributed by atoms with E-state index in [9.17, 15) is 14.3 Å². The minimum absolute atomic E-state index is 0.141. The number of methoxy groups -OCH3 is 1. The van der Waals surface area contributed by atoms with E-state index in [0.717, 1.165) is 31.5 Å². The average molecular weight is 336 g/mol. The van der Waals surface area contributed by atoms with Crippen LogP contribution < -0.4 is 5.32 Å². The fourth-order valence-electron chi connectivity index (χ4n) is 2.80. The summed E-state index contributed by atoms with van der Waals surface area (Å²) in [7, 11) is 1.57. The number of amides is 1. The van der Waals surface area contributed by atoms with E-state index >= 15 is 0 Å². The highest BCUT2D eigenvalue weighted by Crippen LogP contribution is 2.11. The molecule has 0 saturated carbocycles. The lowest BCUT2D eigenvalue weighted by atomic mass is 10.0. The normalized spacial score (nSPS) is 18.0. The van der Waals surface area contributed by atoms with Gasteiger partial charge in [0.15, 0.2) is 0 Å². The Morgan fingerprint density at radius 3 is 2.71 bits per heavy atom. The van der Waals surface area contributed by atoms with Crippen LogP contribution in [-0.4, -0.2) is 61.4 Å². The van der Waals surface area contributed by atoms with Crippen LogP contribution >= 0.6 is 0 Å². The Balaban J connectivity index is 1.71. The molecule has 0 radical (unpaired) electrons. The first-order valence-corrected chi connectivity index (χ1v) is 8.20. The van der Waals surface area contributed by atoms with Crippen LogP contribution in [0, 0.1) is 5.82 Å². The fraction of sp³-hybridized carbons (Fsp3) is 0.500. The maximum atomic E-state index is 12.8. The summed E-state index contributed by atoms with van der Waals surface area (Å²) in [5.41, 5.74) is 0.786. The molecule has 0 aromatic heterocycles. The van der Waals surface area contributed by atoms with Gasteiger partial charge in [0.25, 0.3) is 0 Å². The monoisotopic (exact) mass is 336 g/mol. The molecule has 1 aliphatic heterocycles. The van der Waals surface area contributed by atoms with E-state index < -0.39 is 6.10 Å². The number of aliphatic hydroxyl groups excluding tert-OH is 1. The van der Waals surface area contributed by atoms with E-state index in [4.69, 9.17) is 4.74 Å². The van der Waals surface area contributed by atoms with Gasteiger partial charge in [0.05, 0.1) is 12.7 Å². The van der Waals surface area contributed by atoms with Gasteiger partial charge in [-0.3, -0.25) is 4.79 Å². The summed E-state index contributed by atoms with van der Waals surface area (Å²) in [4.78, 5) is 14.1. The van der Waals surface area contributed by atoms with Crippen molar-refractivity contribution in [3.05, 3.63) is 41.7 Å². The number of hydrogen-bond acceptors (Lipinski definition) is 4. The molecule has 1 fully saturated rings. The quantitative estimate of drug-likeness (QED) is 0.740. The molecule has 1 saturated heterocycles. The van der Waals surface area contributed by atoms with Crippen molar-refractivity contribution in [2.75, 3.05) is 33.4 Å². The molecule has 1 atom stereocenters. The number of halogens is 1. The highest BCUT2D eigenvalue weighted by Gasteiger charge is 2.21. The Bertz CT molecular complexity index is 540. The number of aliphatic hydroxyl groups is 1. The summed E-state index contributed by atoms with van der Waals surface area (Å²) >= 11 is 0. The van der Waals surface area contributed by atoms with Crippen LogP contribution in [0.25, 0.3) is 6.08 Å². The molecule has 132 valence electrons. The van der Waals surface area contributed by atoms with E-state index in [-0.39, 0.29) is 17.8 Å². The van der Waals surface area contributed by atoms with Crippen molar-refractivity contribution in [3.63, 3.8) is 0 Å². The molecular weight excluding hydrogens is 311 g/mol. The number of nitrogens with one attached hydrogen (secondary N) is 1. The molecule has 6 heteroatoms. The van der Waals surface area contributed by atoms with Crippen LogP contribution in [0.5, 0.6) is 0 Å². The predicted octanol–water partition coefficient (Wildman–Crippen LogP) is 1.43. The van der Waals surface area contributed by atoms with E-state index in [0.29, 0.717) is 13.2 Å². The number of carbonyl (C=O) groups excluding carboxylic acids is 1. The van der Waals surface area contributed by atoms with Gasteiger partial charge < -0.3 is 20.1 Å². The number of β-amino-alcohol motifs (C(OH)–C–C–N with tert-alkyl or cyclic N) is 1. The van der Waals surface area contributed by atoms with Crippen LogP contribution in [0.1, 0.15) is 18.4 Å². The van der Waals surface area contributed by atoms with Crippen LogP contribution in [-0.2, 0) is 9.53 Å². The SMILES string of the molecule is COCC(O)CN1CCC(NC(=O)/C=C/c2ccc(F)cc2)CC1. The zero-order chi connectivity index (χ0) is 17.4. The Kier molecular flexibility index (Phi) is 7.36. The van der Waals surface area contributed by atoms with Crippen molar-refractivity contribution in [3.8, 4) is 0 Å². The largest absolute Gasteiger partial charge is 0.389 e. The van der Waals surface area contributed by atoms with E-state index in [1.807, 2.05) is 0 Å². The molecule has 1 aliphatic rings. The van der Waals surface area contributed by atoms with Crippen molar-refractivity contribution >= 4 is 12.0 Å². The molecule has 24 heavy (non-hydrogen) atoms. The number of ether oxygens (including phenoxy) is 1. The highest BCUT2D eigenvalue weighted by molar-refractivity contribution is 5.91. The van der Waals surface area contributed by atoms with Gasteiger partial charge in [-0.2, -0.15) is 0 Å². The van der Waals surface area contributed by atoms with Gasteiger partial charge in [0, 0.05) is 38.9 Å². The predicted molar refractivity (Wildman–Crippen MR) is 90.9 cm³/mol. The Morgan fingerprint density at radius 2 is 2.08 bits per heavy atom. The first kappa shape index (κ1) is 18.6. The number of carbonyl (C=O) groups is 1. The minimum Gasteiger partial charge on any atom is -0.389 e. The van der Waals surface area contributed by atoms with Crippen molar-refractivity contribution in [1.82, 2.24) is 10.2 Å². The average Bonchev–Trinajstić information content (AvgIpc) is 2.56. The van der Waals surface area contributed by atoms with Crippen molar-refractivity contribution in [2.24, 2.45) is 0 Å². The maximum Gasteiger partial charge on any atom is 0.244 e. The third-order valence-corrected chi connectivity index (χ3v) is 4.06. The highest BCUT2D eigenvalue weighted by atomic mass is 19.1. The summed E-state index contributed by atoms with van der Waals surface area (Å²) < 4.78 is 17.7. The second kappa shape index (κ2) is 9.52. The van der Waals surface area contributed by atoms with Gasteiger partial charge in [0.2, 0.25) is 5.91 Å². The molecular formula is C18H25FN2O3. The number of benzene rings is 1. The number of nitrogens with zero attached hydrogens (tertiary/aromatic N) is 1. The van der Waals surface area contributed by atoms with Crippen LogP contribution in [0.15, 0.2) is 30.3 Å². The van der Waals surface area contributed by atoms with Gasteiger partial charge in [-0.05, 0) is 36.6 Å². The van der Waals surface area contributed by atoms with Gasteiger partial charge in [-0.1, -0.05) is 12.1 Å². The standard InChI is InChI=1S/C18H25FN2O3/c1-24-13-17(22)12-21-10-8-16(9-11-21)20-18(23)7-4-14-2-5-15(19)6-3-14/h2-7,16-17,22H,8-13H2,1H3,(H,20,23)/b7-4+. The van der Waals surface area contributed by atoms with Crippen LogP contribution in [0.3, 0.4) is 0 Å². The zero-order valence-corrected chi connectivity index (χ0v) is 14.0. The third-order valence-electron chi connectivity index (χ3n) is 4.06. The number of hydrogen-bond donors (Lipinski definition) is 2. The molecule has 0 spiro atoms. The maximum absolute atomic E-state index is 12.8. The molecule has 1 aromatic carbocycles. The lowest BCUT2D eigenvalue weighted by Crippen LogP contribution is -2.46. The lowest BCUT2D eigenvalue weighted by molar-refractivity contribution is -0.117. The smallest absolute Gasteiger partial charge is 0.244 e. The second-order valence-electron chi connectivity index (χ2n) is 6.08.